The van der Waals surface area contributed by atoms with Gasteiger partial charge in [0.25, 0.3) is 5.91 Å². The molecule has 1 N–H and O–H groups in total. The number of amides is 1. The number of carbonyl (C=O) groups excluding carboxylic acids is 2. The Morgan fingerprint density at radius 1 is 1.32 bits per heavy atom. The number of aryl methyl sites for hydroxylation is 2. The molecule has 0 aromatic carbocycles. The van der Waals surface area contributed by atoms with Gasteiger partial charge in [-0.1, -0.05) is 0 Å². The number of hydrogen-bond acceptors (Lipinski definition) is 5. The molecule has 0 aliphatic carbocycles. The molecular weight excluding hydrogens is 264 g/mol. The van der Waals surface area contributed by atoms with Crippen LogP contribution in [0.1, 0.15) is 48.1 Å². The summed E-state index contributed by atoms with van der Waals surface area (Å²) < 4.78 is 5.21. The number of nitrogens with zero attached hydrogens (tertiary/aromatic N) is 1. The molecule has 0 unspecified atom stereocenters. The lowest BCUT2D eigenvalue weighted by atomic mass is 10.2. The number of thiazole rings is 1. The van der Waals surface area contributed by atoms with Gasteiger partial charge in [-0.25, -0.2) is 9.78 Å². The average molecular weight is 284 g/mol. The summed E-state index contributed by atoms with van der Waals surface area (Å²) >= 11 is 1.31. The molecule has 6 heteroatoms. The number of esters is 1. The molecule has 0 bridgehead atoms. The molecule has 1 atom stereocenters. The molecule has 0 saturated carbocycles. The molecule has 0 radical (unpaired) electrons. The Bertz CT molecular complexity index is 489. The monoisotopic (exact) mass is 284 g/mol. The van der Waals surface area contributed by atoms with Crippen molar-refractivity contribution < 1.29 is 14.3 Å². The first-order valence-corrected chi connectivity index (χ1v) is 6.89. The summed E-state index contributed by atoms with van der Waals surface area (Å²) in [7, 11) is 0. The summed E-state index contributed by atoms with van der Waals surface area (Å²) in [5.41, 5.74) is 0.115. The highest BCUT2D eigenvalue weighted by molar-refractivity contribution is 7.13. The number of aromatic nitrogens is 1. The zero-order valence-corrected chi connectivity index (χ0v) is 13.0. The summed E-state index contributed by atoms with van der Waals surface area (Å²) in [4.78, 5) is 28.5. The van der Waals surface area contributed by atoms with Crippen LogP contribution in [0.5, 0.6) is 0 Å². The summed E-state index contributed by atoms with van der Waals surface area (Å²) in [5, 5.41) is 3.46. The van der Waals surface area contributed by atoms with Gasteiger partial charge in [-0.2, -0.15) is 0 Å². The van der Waals surface area contributed by atoms with Crippen molar-refractivity contribution in [3.63, 3.8) is 0 Å². The second-order valence-electron chi connectivity index (χ2n) is 5.38. The van der Waals surface area contributed by atoms with E-state index < -0.39 is 17.6 Å². The van der Waals surface area contributed by atoms with Crippen LogP contribution >= 0.6 is 11.3 Å². The predicted molar refractivity (Wildman–Crippen MR) is 74.4 cm³/mol. The van der Waals surface area contributed by atoms with Gasteiger partial charge in [0.05, 0.1) is 10.7 Å². The second kappa shape index (κ2) is 5.69. The summed E-state index contributed by atoms with van der Waals surface area (Å²) in [6, 6.07) is -0.687. The standard InChI is InChI=1S/C13H20N2O3S/c1-7-10(19-9(3)14-7)11(16)15-8(2)12(17)18-13(4,5)6/h8H,1-6H3,(H,15,16)/t8-/m1/s1. The molecule has 0 aliphatic rings. The van der Waals surface area contributed by atoms with E-state index >= 15 is 0 Å². The Balaban J connectivity index is 2.67. The summed E-state index contributed by atoms with van der Waals surface area (Å²) in [6.07, 6.45) is 0. The normalized spacial score (nSPS) is 12.9. The van der Waals surface area contributed by atoms with Crippen LogP contribution in [0.3, 0.4) is 0 Å². The summed E-state index contributed by atoms with van der Waals surface area (Å²) in [6.45, 7) is 10.6. The third-order valence-electron chi connectivity index (χ3n) is 2.22. The van der Waals surface area contributed by atoms with Crippen LogP contribution in [-0.4, -0.2) is 28.5 Å². The number of rotatable bonds is 3. The minimum Gasteiger partial charge on any atom is -0.458 e. The molecule has 1 amide bonds. The number of carbonyl (C=O) groups is 2. The fourth-order valence-corrected chi connectivity index (χ4v) is 2.28. The quantitative estimate of drug-likeness (QED) is 0.864. The summed E-state index contributed by atoms with van der Waals surface area (Å²) in [5.74, 6) is -0.735. The molecule has 1 aromatic rings. The van der Waals surface area contributed by atoms with Crippen molar-refractivity contribution >= 4 is 23.2 Å². The van der Waals surface area contributed by atoms with Crippen LogP contribution in [0.25, 0.3) is 0 Å². The van der Waals surface area contributed by atoms with Crippen molar-refractivity contribution in [3.05, 3.63) is 15.6 Å². The first-order valence-electron chi connectivity index (χ1n) is 6.08. The lowest BCUT2D eigenvalue weighted by molar-refractivity contribution is -0.156. The minimum absolute atomic E-state index is 0.290. The molecular formula is C13H20N2O3S. The van der Waals surface area contributed by atoms with Gasteiger partial charge in [-0.3, -0.25) is 4.79 Å². The van der Waals surface area contributed by atoms with Gasteiger partial charge in [-0.05, 0) is 41.5 Å². The van der Waals surface area contributed by atoms with E-state index in [2.05, 4.69) is 10.3 Å². The van der Waals surface area contributed by atoms with E-state index in [1.54, 1.807) is 34.6 Å². The molecule has 5 nitrogen and oxygen atoms in total. The molecule has 1 aromatic heterocycles. The van der Waals surface area contributed by atoms with E-state index in [9.17, 15) is 9.59 Å². The zero-order chi connectivity index (χ0) is 14.8. The van der Waals surface area contributed by atoms with Crippen molar-refractivity contribution in [1.82, 2.24) is 10.3 Å². The zero-order valence-electron chi connectivity index (χ0n) is 12.2. The third kappa shape index (κ3) is 4.63. The van der Waals surface area contributed by atoms with Crippen LogP contribution < -0.4 is 5.32 Å². The molecule has 0 aliphatic heterocycles. The molecule has 1 rings (SSSR count). The van der Waals surface area contributed by atoms with Gasteiger partial charge in [0.1, 0.15) is 16.5 Å². The van der Waals surface area contributed by atoms with Crippen molar-refractivity contribution in [3.8, 4) is 0 Å². The molecule has 0 spiro atoms. The van der Waals surface area contributed by atoms with Crippen molar-refractivity contribution in [2.45, 2.75) is 53.2 Å². The lowest BCUT2D eigenvalue weighted by Gasteiger charge is -2.22. The van der Waals surface area contributed by atoms with Crippen LogP contribution in [-0.2, 0) is 9.53 Å². The van der Waals surface area contributed by atoms with Crippen LogP contribution in [0.15, 0.2) is 0 Å². The Morgan fingerprint density at radius 2 is 1.89 bits per heavy atom. The lowest BCUT2D eigenvalue weighted by Crippen LogP contribution is -2.42. The van der Waals surface area contributed by atoms with Crippen LogP contribution in [0, 0.1) is 13.8 Å². The fourth-order valence-electron chi connectivity index (χ4n) is 1.45. The highest BCUT2D eigenvalue weighted by atomic mass is 32.1. The van der Waals surface area contributed by atoms with Gasteiger partial charge >= 0.3 is 5.97 Å². The molecule has 0 fully saturated rings. The third-order valence-corrected chi connectivity index (χ3v) is 3.29. The molecule has 0 saturated heterocycles. The van der Waals surface area contributed by atoms with Gasteiger partial charge in [0.2, 0.25) is 0 Å². The number of hydrogen-bond donors (Lipinski definition) is 1. The smallest absolute Gasteiger partial charge is 0.328 e. The van der Waals surface area contributed by atoms with Crippen molar-refractivity contribution in [2.24, 2.45) is 0 Å². The maximum atomic E-state index is 12.0. The molecule has 106 valence electrons. The number of ether oxygens (including phenoxy) is 1. The van der Waals surface area contributed by atoms with E-state index in [-0.39, 0.29) is 5.91 Å². The van der Waals surface area contributed by atoms with Crippen molar-refractivity contribution in [2.75, 3.05) is 0 Å². The van der Waals surface area contributed by atoms with E-state index in [1.807, 2.05) is 6.92 Å². The van der Waals surface area contributed by atoms with E-state index in [0.717, 1.165) is 5.01 Å². The fraction of sp³-hybridized carbons (Fsp3) is 0.615. The Morgan fingerprint density at radius 3 is 2.32 bits per heavy atom. The van der Waals surface area contributed by atoms with E-state index in [4.69, 9.17) is 4.74 Å². The van der Waals surface area contributed by atoms with E-state index in [0.29, 0.717) is 10.6 Å². The first-order chi connectivity index (χ1) is 8.60. The van der Waals surface area contributed by atoms with Gasteiger partial charge in [-0.15, -0.1) is 11.3 Å². The van der Waals surface area contributed by atoms with E-state index in [1.165, 1.54) is 11.3 Å². The van der Waals surface area contributed by atoms with Gasteiger partial charge in [0.15, 0.2) is 0 Å². The van der Waals surface area contributed by atoms with Crippen molar-refractivity contribution in [1.29, 1.82) is 0 Å². The number of nitrogens with one attached hydrogen (secondary N) is 1. The predicted octanol–water partition coefficient (Wildman–Crippen LogP) is 2.22. The highest BCUT2D eigenvalue weighted by Crippen LogP contribution is 2.17. The second-order valence-corrected chi connectivity index (χ2v) is 6.58. The maximum absolute atomic E-state index is 12.0. The Hall–Kier alpha value is -1.43. The maximum Gasteiger partial charge on any atom is 0.328 e. The Kier molecular flexibility index (Phi) is 4.68. The van der Waals surface area contributed by atoms with Crippen LogP contribution in [0.4, 0.5) is 0 Å². The molecule has 1 heterocycles. The first kappa shape index (κ1) is 15.6. The minimum atomic E-state index is -0.687. The average Bonchev–Trinajstić information content (AvgIpc) is 2.55. The Labute approximate surface area is 117 Å². The SMILES string of the molecule is Cc1nc(C)c(C(=O)N[C@H](C)C(=O)OC(C)(C)C)s1. The molecule has 19 heavy (non-hydrogen) atoms. The largest absolute Gasteiger partial charge is 0.458 e. The highest BCUT2D eigenvalue weighted by Gasteiger charge is 2.24. The van der Waals surface area contributed by atoms with Gasteiger partial charge < -0.3 is 10.1 Å². The van der Waals surface area contributed by atoms with Crippen LogP contribution in [0.2, 0.25) is 0 Å². The van der Waals surface area contributed by atoms with Gasteiger partial charge in [0, 0.05) is 0 Å². The topological polar surface area (TPSA) is 68.3 Å².